The average molecular weight is 383 g/mol. The van der Waals surface area contributed by atoms with Gasteiger partial charge in [0.25, 0.3) is 5.91 Å². The van der Waals surface area contributed by atoms with Crippen molar-refractivity contribution in [2.24, 2.45) is 5.92 Å². The first-order valence-electron chi connectivity index (χ1n) is 10.4. The first kappa shape index (κ1) is 19.0. The molecular formula is C22H29N3O3. The van der Waals surface area contributed by atoms with Crippen molar-refractivity contribution < 1.29 is 14.1 Å². The van der Waals surface area contributed by atoms with Crippen LogP contribution < -0.4 is 10.2 Å². The van der Waals surface area contributed by atoms with Crippen LogP contribution in [0.4, 0.5) is 5.82 Å². The second-order valence-electron chi connectivity index (χ2n) is 7.84. The van der Waals surface area contributed by atoms with Crippen molar-refractivity contribution >= 4 is 11.7 Å². The van der Waals surface area contributed by atoms with Gasteiger partial charge in [-0.25, -0.2) is 0 Å². The summed E-state index contributed by atoms with van der Waals surface area (Å²) in [6.07, 6.45) is 6.20. The van der Waals surface area contributed by atoms with Crippen molar-refractivity contribution in [1.29, 1.82) is 0 Å². The van der Waals surface area contributed by atoms with Gasteiger partial charge < -0.3 is 19.5 Å². The van der Waals surface area contributed by atoms with Gasteiger partial charge in [-0.1, -0.05) is 54.8 Å². The number of carbonyl (C=O) groups is 1. The van der Waals surface area contributed by atoms with Crippen molar-refractivity contribution in [1.82, 2.24) is 10.5 Å². The lowest BCUT2D eigenvalue weighted by Gasteiger charge is -2.29. The minimum Gasteiger partial charge on any atom is -0.378 e. The Bertz CT molecular complexity index is 778. The summed E-state index contributed by atoms with van der Waals surface area (Å²) in [6.45, 7) is 4.80. The van der Waals surface area contributed by atoms with Crippen molar-refractivity contribution in [2.45, 2.75) is 45.1 Å². The van der Waals surface area contributed by atoms with E-state index < -0.39 is 0 Å². The monoisotopic (exact) mass is 383 g/mol. The maximum Gasteiger partial charge on any atom is 0.259 e. The van der Waals surface area contributed by atoms with Crippen molar-refractivity contribution in [3.05, 3.63) is 35.9 Å². The van der Waals surface area contributed by atoms with E-state index in [0.29, 0.717) is 49.4 Å². The molecule has 0 spiro atoms. The van der Waals surface area contributed by atoms with Gasteiger partial charge in [-0.15, -0.1) is 0 Å². The molecule has 1 aliphatic heterocycles. The van der Waals surface area contributed by atoms with E-state index >= 15 is 0 Å². The zero-order valence-electron chi connectivity index (χ0n) is 16.5. The lowest BCUT2D eigenvalue weighted by atomic mass is 9.84. The van der Waals surface area contributed by atoms with Gasteiger partial charge in [0.15, 0.2) is 11.6 Å². The van der Waals surface area contributed by atoms with Gasteiger partial charge >= 0.3 is 0 Å². The Kier molecular flexibility index (Phi) is 5.95. The fourth-order valence-electron chi connectivity index (χ4n) is 4.29. The van der Waals surface area contributed by atoms with E-state index in [4.69, 9.17) is 9.26 Å². The second-order valence-corrected chi connectivity index (χ2v) is 7.84. The topological polar surface area (TPSA) is 67.6 Å². The molecule has 6 nitrogen and oxygen atoms in total. The predicted molar refractivity (Wildman–Crippen MR) is 108 cm³/mol. The van der Waals surface area contributed by atoms with E-state index in [2.05, 4.69) is 22.3 Å². The number of ether oxygens (including phenoxy) is 1. The number of anilines is 1. The number of nitrogens with zero attached hydrogens (tertiary/aromatic N) is 2. The molecule has 1 saturated carbocycles. The summed E-state index contributed by atoms with van der Waals surface area (Å²) in [4.78, 5) is 15.4. The molecule has 1 N–H and O–H groups in total. The molecule has 28 heavy (non-hydrogen) atoms. The molecule has 4 rings (SSSR count). The normalized spacial score (nSPS) is 19.4. The third-order valence-corrected chi connectivity index (χ3v) is 5.96. The third-order valence-electron chi connectivity index (χ3n) is 5.96. The molecule has 1 amide bonds. The highest BCUT2D eigenvalue weighted by molar-refractivity contribution is 6.04. The van der Waals surface area contributed by atoms with Crippen LogP contribution in [0.1, 0.15) is 49.4 Å². The highest BCUT2D eigenvalue weighted by atomic mass is 16.5. The Morgan fingerprint density at radius 1 is 1.14 bits per heavy atom. The summed E-state index contributed by atoms with van der Waals surface area (Å²) in [5, 5.41) is 7.54. The van der Waals surface area contributed by atoms with Crippen LogP contribution in [0.5, 0.6) is 0 Å². The Labute approximate surface area is 166 Å². The van der Waals surface area contributed by atoms with Crippen LogP contribution in [0.2, 0.25) is 0 Å². The molecule has 2 heterocycles. The minimum absolute atomic E-state index is 0.0975. The van der Waals surface area contributed by atoms with Crippen molar-refractivity contribution in [2.75, 3.05) is 31.2 Å². The molecule has 6 heteroatoms. The van der Waals surface area contributed by atoms with Gasteiger partial charge in [0.05, 0.1) is 13.2 Å². The van der Waals surface area contributed by atoms with Crippen LogP contribution in [0.3, 0.4) is 0 Å². The molecular weight excluding hydrogens is 354 g/mol. The SMILES string of the molecule is C[C@H](NC(=O)c1c(N2CCOCC2)noc1-c1ccccc1)C1CCCCC1. The molecule has 1 saturated heterocycles. The molecule has 0 bridgehead atoms. The molecule has 1 aliphatic carbocycles. The number of aromatic nitrogens is 1. The number of hydrogen-bond donors (Lipinski definition) is 1. The molecule has 1 aromatic carbocycles. The second kappa shape index (κ2) is 8.78. The Balaban J connectivity index is 1.62. The number of morpholine rings is 1. The van der Waals surface area contributed by atoms with E-state index in [1.165, 1.54) is 32.1 Å². The summed E-state index contributed by atoms with van der Waals surface area (Å²) in [5.74, 6) is 1.61. The van der Waals surface area contributed by atoms with Crippen LogP contribution in [0, 0.1) is 5.92 Å². The van der Waals surface area contributed by atoms with Crippen LogP contribution in [-0.2, 0) is 4.74 Å². The molecule has 0 unspecified atom stereocenters. The molecule has 2 aromatic rings. The molecule has 150 valence electrons. The molecule has 1 aromatic heterocycles. The van der Waals surface area contributed by atoms with E-state index in [1.54, 1.807) is 0 Å². The average Bonchev–Trinajstić information content (AvgIpc) is 3.21. The number of carbonyl (C=O) groups excluding carboxylic acids is 1. The van der Waals surface area contributed by atoms with Gasteiger partial charge in [0.1, 0.15) is 5.56 Å². The van der Waals surface area contributed by atoms with E-state index in [1.807, 2.05) is 30.3 Å². The smallest absolute Gasteiger partial charge is 0.259 e. The van der Waals surface area contributed by atoms with Gasteiger partial charge in [-0.3, -0.25) is 4.79 Å². The lowest BCUT2D eigenvalue weighted by molar-refractivity contribution is 0.0918. The molecule has 2 aliphatic rings. The fourth-order valence-corrected chi connectivity index (χ4v) is 4.29. The Morgan fingerprint density at radius 2 is 1.86 bits per heavy atom. The zero-order valence-corrected chi connectivity index (χ0v) is 16.5. The van der Waals surface area contributed by atoms with Gasteiger partial charge in [-0.2, -0.15) is 0 Å². The lowest BCUT2D eigenvalue weighted by Crippen LogP contribution is -2.41. The predicted octanol–water partition coefficient (Wildman–Crippen LogP) is 3.88. The minimum atomic E-state index is -0.0975. The highest BCUT2D eigenvalue weighted by Gasteiger charge is 2.30. The fraction of sp³-hybridized carbons (Fsp3) is 0.545. The van der Waals surface area contributed by atoms with E-state index in [0.717, 1.165) is 5.56 Å². The Hall–Kier alpha value is -2.34. The number of benzene rings is 1. The van der Waals surface area contributed by atoms with Gasteiger partial charge in [-0.05, 0) is 25.7 Å². The highest BCUT2D eigenvalue weighted by Crippen LogP contribution is 2.33. The zero-order chi connectivity index (χ0) is 19.3. The molecule has 1 atom stereocenters. The summed E-state index contributed by atoms with van der Waals surface area (Å²) in [7, 11) is 0. The quantitative estimate of drug-likeness (QED) is 0.849. The van der Waals surface area contributed by atoms with Crippen LogP contribution in [-0.4, -0.2) is 43.4 Å². The van der Waals surface area contributed by atoms with Gasteiger partial charge in [0.2, 0.25) is 0 Å². The maximum absolute atomic E-state index is 13.3. The Morgan fingerprint density at radius 3 is 2.57 bits per heavy atom. The van der Waals surface area contributed by atoms with Crippen molar-refractivity contribution in [3.63, 3.8) is 0 Å². The first-order chi connectivity index (χ1) is 13.7. The largest absolute Gasteiger partial charge is 0.378 e. The van der Waals surface area contributed by atoms with Crippen LogP contribution in [0.15, 0.2) is 34.9 Å². The van der Waals surface area contributed by atoms with E-state index in [-0.39, 0.29) is 11.9 Å². The number of rotatable bonds is 5. The van der Waals surface area contributed by atoms with Crippen LogP contribution in [0.25, 0.3) is 11.3 Å². The van der Waals surface area contributed by atoms with Crippen LogP contribution >= 0.6 is 0 Å². The standard InChI is InChI=1S/C22H29N3O3/c1-16(17-8-4-2-5-9-17)23-22(26)19-20(18-10-6-3-7-11-18)28-24-21(19)25-12-14-27-15-13-25/h3,6-7,10-11,16-17H,2,4-5,8-9,12-15H2,1H3,(H,23,26)/t16-/m0/s1. The summed E-state index contributed by atoms with van der Waals surface area (Å²) in [5.41, 5.74) is 1.40. The van der Waals surface area contributed by atoms with Gasteiger partial charge in [0, 0.05) is 24.7 Å². The first-order valence-corrected chi connectivity index (χ1v) is 10.4. The van der Waals surface area contributed by atoms with E-state index in [9.17, 15) is 4.79 Å². The summed E-state index contributed by atoms with van der Waals surface area (Å²) >= 11 is 0. The van der Waals surface area contributed by atoms with Crippen molar-refractivity contribution in [3.8, 4) is 11.3 Å². The molecule has 2 fully saturated rings. The summed E-state index contributed by atoms with van der Waals surface area (Å²) < 4.78 is 11.1. The number of hydrogen-bond acceptors (Lipinski definition) is 5. The number of nitrogens with one attached hydrogen (secondary N) is 1. The summed E-state index contributed by atoms with van der Waals surface area (Å²) in [6, 6.07) is 9.88. The maximum atomic E-state index is 13.3. The molecule has 0 radical (unpaired) electrons. The third kappa shape index (κ3) is 4.07. The number of amides is 1.